The molecule has 1 heterocycles. The Labute approximate surface area is 151 Å². The number of amides is 2. The highest BCUT2D eigenvalue weighted by Crippen LogP contribution is 2.32. The molecule has 1 aromatic rings. The number of sulfonamides is 1. The summed E-state index contributed by atoms with van der Waals surface area (Å²) >= 11 is 5.42. The maximum atomic E-state index is 12.8. The van der Waals surface area contributed by atoms with E-state index < -0.39 is 21.5 Å². The molecule has 0 radical (unpaired) electrons. The molecule has 0 atom stereocenters. The van der Waals surface area contributed by atoms with E-state index in [1.54, 1.807) is 30.9 Å². The largest absolute Gasteiger partial charge is 0.366 e. The molecule has 0 saturated carbocycles. The van der Waals surface area contributed by atoms with Crippen molar-refractivity contribution in [3.63, 3.8) is 0 Å². The lowest BCUT2D eigenvalue weighted by molar-refractivity contribution is -0.123. The third-order valence-electron chi connectivity index (χ3n) is 4.04. The van der Waals surface area contributed by atoms with Crippen LogP contribution in [0.4, 0.5) is 5.69 Å². The zero-order valence-electron chi connectivity index (χ0n) is 13.9. The van der Waals surface area contributed by atoms with E-state index in [9.17, 15) is 18.0 Å². The molecule has 136 valence electrons. The fourth-order valence-corrected chi connectivity index (χ4v) is 3.68. The number of nitrogens with two attached hydrogens (primary N) is 2. The van der Waals surface area contributed by atoms with Gasteiger partial charge in [0.2, 0.25) is 15.9 Å². The molecule has 1 fully saturated rings. The van der Waals surface area contributed by atoms with E-state index in [0.29, 0.717) is 11.3 Å². The van der Waals surface area contributed by atoms with Gasteiger partial charge in [0.1, 0.15) is 5.54 Å². The average molecular weight is 384 g/mol. The summed E-state index contributed by atoms with van der Waals surface area (Å²) in [5, 5.41) is 5.29. The van der Waals surface area contributed by atoms with Gasteiger partial charge in [-0.2, -0.15) is 0 Å². The zero-order valence-corrected chi connectivity index (χ0v) is 15.6. The van der Waals surface area contributed by atoms with Crippen LogP contribution in [0.3, 0.4) is 0 Å². The van der Waals surface area contributed by atoms with E-state index in [4.69, 9.17) is 23.1 Å². The number of carbonyl (C=O) groups is 2. The first-order valence-corrected chi connectivity index (χ1v) is 9.64. The Morgan fingerprint density at radius 3 is 2.28 bits per heavy atom. The maximum Gasteiger partial charge on any atom is 0.258 e. The van der Waals surface area contributed by atoms with Crippen molar-refractivity contribution in [2.75, 3.05) is 17.2 Å². The van der Waals surface area contributed by atoms with Crippen molar-refractivity contribution in [3.05, 3.63) is 29.8 Å². The highest BCUT2D eigenvalue weighted by Gasteiger charge is 2.49. The molecular formula is C15H20N4O4S2. The highest BCUT2D eigenvalue weighted by atomic mass is 32.2. The Hall–Kier alpha value is -2.04. The number of primary amides is 1. The van der Waals surface area contributed by atoms with Gasteiger partial charge in [-0.3, -0.25) is 14.5 Å². The van der Waals surface area contributed by atoms with Gasteiger partial charge in [-0.25, -0.2) is 13.6 Å². The minimum absolute atomic E-state index is 0.191. The van der Waals surface area contributed by atoms with E-state index in [1.807, 2.05) is 0 Å². The van der Waals surface area contributed by atoms with Gasteiger partial charge in [-0.05, 0) is 56.8 Å². The molecule has 0 spiro atoms. The van der Waals surface area contributed by atoms with Crippen molar-refractivity contribution in [2.45, 2.75) is 25.8 Å². The topological polar surface area (TPSA) is 127 Å². The fraction of sp³-hybridized carbons (Fsp3) is 0.400. The van der Waals surface area contributed by atoms with E-state index in [-0.39, 0.29) is 29.7 Å². The van der Waals surface area contributed by atoms with Crippen LogP contribution < -0.4 is 15.8 Å². The quantitative estimate of drug-likeness (QED) is 0.674. The van der Waals surface area contributed by atoms with Crippen LogP contribution in [0.1, 0.15) is 30.6 Å². The summed E-state index contributed by atoms with van der Waals surface area (Å²) in [5.74, 6) is -0.990. The summed E-state index contributed by atoms with van der Waals surface area (Å²) in [7, 11) is -3.57. The number of hydrogen-bond donors (Lipinski definition) is 2. The van der Waals surface area contributed by atoms with E-state index in [1.165, 1.54) is 17.0 Å². The second-order valence-electron chi connectivity index (χ2n) is 6.27. The molecule has 4 N–H and O–H groups in total. The predicted molar refractivity (Wildman–Crippen MR) is 98.4 cm³/mol. The normalized spacial score (nSPS) is 17.2. The summed E-state index contributed by atoms with van der Waals surface area (Å²) in [6, 6.07) is 6.22. The molecule has 25 heavy (non-hydrogen) atoms. The number of thiocarbonyl (C=S) groups is 1. The Morgan fingerprint density at radius 1 is 1.24 bits per heavy atom. The molecule has 1 saturated heterocycles. The van der Waals surface area contributed by atoms with Gasteiger partial charge < -0.3 is 10.6 Å². The van der Waals surface area contributed by atoms with Crippen molar-refractivity contribution in [1.29, 1.82) is 0 Å². The number of rotatable bonds is 6. The van der Waals surface area contributed by atoms with Crippen LogP contribution in [0, 0.1) is 0 Å². The third-order valence-corrected chi connectivity index (χ3v) is 5.30. The van der Waals surface area contributed by atoms with E-state index in [0.717, 1.165) is 0 Å². The predicted octanol–water partition coefficient (Wildman–Crippen LogP) is 0.176. The SMILES string of the molecule is CC1(C)C(=O)N(c2ccc(C(N)=O)cc2)C(=S)N1CCCS(N)(=O)=O. The van der Waals surface area contributed by atoms with E-state index in [2.05, 4.69) is 0 Å². The molecule has 0 aliphatic carbocycles. The van der Waals surface area contributed by atoms with Crippen LogP contribution in [0.5, 0.6) is 0 Å². The van der Waals surface area contributed by atoms with Crippen LogP contribution >= 0.6 is 12.2 Å². The third kappa shape index (κ3) is 3.97. The van der Waals surface area contributed by atoms with Gasteiger partial charge in [-0.15, -0.1) is 0 Å². The summed E-state index contributed by atoms with van der Waals surface area (Å²) < 4.78 is 22.2. The molecule has 1 aliphatic rings. The van der Waals surface area contributed by atoms with Crippen molar-refractivity contribution >= 4 is 44.9 Å². The van der Waals surface area contributed by atoms with Crippen LogP contribution in [0.2, 0.25) is 0 Å². The summed E-state index contributed by atoms with van der Waals surface area (Å²) in [6.45, 7) is 3.72. The zero-order chi connectivity index (χ0) is 19.0. The second kappa shape index (κ2) is 6.70. The Morgan fingerprint density at radius 2 is 1.80 bits per heavy atom. The molecule has 0 unspecified atom stereocenters. The van der Waals surface area contributed by atoms with Gasteiger partial charge in [0.15, 0.2) is 5.11 Å². The Balaban J connectivity index is 2.24. The number of carbonyl (C=O) groups excluding carboxylic acids is 2. The first kappa shape index (κ1) is 19.3. The van der Waals surface area contributed by atoms with Crippen molar-refractivity contribution in [3.8, 4) is 0 Å². The molecule has 0 aromatic heterocycles. The fourth-order valence-electron chi connectivity index (χ4n) is 2.64. The van der Waals surface area contributed by atoms with Crippen LogP contribution in [0.25, 0.3) is 0 Å². The Kier molecular flexibility index (Phi) is 5.17. The van der Waals surface area contributed by atoms with Gasteiger partial charge in [0, 0.05) is 12.1 Å². The monoisotopic (exact) mass is 384 g/mol. The molecule has 10 heteroatoms. The molecule has 8 nitrogen and oxygen atoms in total. The highest BCUT2D eigenvalue weighted by molar-refractivity contribution is 7.89. The van der Waals surface area contributed by atoms with Gasteiger partial charge in [0.25, 0.3) is 5.91 Å². The molecule has 1 aromatic carbocycles. The van der Waals surface area contributed by atoms with Gasteiger partial charge >= 0.3 is 0 Å². The summed E-state index contributed by atoms with van der Waals surface area (Å²) in [4.78, 5) is 27.0. The van der Waals surface area contributed by atoms with Gasteiger partial charge in [-0.1, -0.05) is 0 Å². The van der Waals surface area contributed by atoms with Gasteiger partial charge in [0.05, 0.1) is 11.4 Å². The summed E-state index contributed by atoms with van der Waals surface area (Å²) in [5.41, 5.74) is 5.14. The van der Waals surface area contributed by atoms with Crippen LogP contribution in [-0.2, 0) is 14.8 Å². The number of hydrogen-bond acceptors (Lipinski definition) is 5. The lowest BCUT2D eigenvalue weighted by Gasteiger charge is -2.29. The van der Waals surface area contributed by atoms with Crippen molar-refractivity contribution < 1.29 is 18.0 Å². The molecule has 2 amide bonds. The van der Waals surface area contributed by atoms with Crippen LogP contribution in [0.15, 0.2) is 24.3 Å². The lowest BCUT2D eigenvalue weighted by Crippen LogP contribution is -2.45. The average Bonchev–Trinajstić information content (AvgIpc) is 2.66. The Bertz CT molecular complexity index is 818. The first-order chi connectivity index (χ1) is 11.4. The molecule has 2 rings (SSSR count). The minimum atomic E-state index is -3.57. The maximum absolute atomic E-state index is 12.8. The number of benzene rings is 1. The van der Waals surface area contributed by atoms with Crippen molar-refractivity contribution in [2.24, 2.45) is 10.9 Å². The van der Waals surface area contributed by atoms with Crippen LogP contribution in [-0.4, -0.2) is 48.1 Å². The lowest BCUT2D eigenvalue weighted by atomic mass is 10.0. The molecule has 1 aliphatic heterocycles. The van der Waals surface area contributed by atoms with E-state index >= 15 is 0 Å². The first-order valence-electron chi connectivity index (χ1n) is 7.51. The molecule has 0 bridgehead atoms. The smallest absolute Gasteiger partial charge is 0.258 e. The second-order valence-corrected chi connectivity index (χ2v) is 8.36. The summed E-state index contributed by atoms with van der Waals surface area (Å²) in [6.07, 6.45) is 0.254. The minimum Gasteiger partial charge on any atom is -0.366 e. The standard InChI is InChI=1S/C15H20N4O4S2/c1-15(2)13(21)19(11-6-4-10(5-7-11)12(16)20)14(24)18(15)8-3-9-25(17,22)23/h4-7H,3,8-9H2,1-2H3,(H2,16,20)(H2,17,22,23). The molecular weight excluding hydrogens is 364 g/mol. The number of nitrogens with zero attached hydrogens (tertiary/aromatic N) is 2. The van der Waals surface area contributed by atoms with Crippen molar-refractivity contribution in [1.82, 2.24) is 4.90 Å². The number of anilines is 1. The number of primary sulfonamides is 1.